The Morgan fingerprint density at radius 2 is 2.35 bits per heavy atom. The maximum absolute atomic E-state index is 12.0. The normalized spacial score (nSPS) is 22.4. The van der Waals surface area contributed by atoms with E-state index < -0.39 is 0 Å². The van der Waals surface area contributed by atoms with E-state index in [1.54, 1.807) is 16.2 Å². The molecule has 0 spiro atoms. The average molecular weight is 318 g/mol. The topological polar surface area (TPSA) is 49.6 Å². The van der Waals surface area contributed by atoms with Gasteiger partial charge in [0.15, 0.2) is 0 Å². The van der Waals surface area contributed by atoms with Gasteiger partial charge in [-0.25, -0.2) is 4.79 Å². The van der Waals surface area contributed by atoms with E-state index >= 15 is 0 Å². The molecule has 2 heterocycles. The van der Waals surface area contributed by atoms with Crippen LogP contribution in [-0.2, 0) is 0 Å². The minimum absolute atomic E-state index is 0.0150. The van der Waals surface area contributed by atoms with Gasteiger partial charge in [0, 0.05) is 31.1 Å². The van der Waals surface area contributed by atoms with Crippen LogP contribution in [0.3, 0.4) is 0 Å². The first-order valence-corrected chi connectivity index (χ1v) is 7.12. The van der Waals surface area contributed by atoms with Crippen molar-refractivity contribution in [3.05, 3.63) is 20.8 Å². The van der Waals surface area contributed by atoms with Gasteiger partial charge in [-0.2, -0.15) is 0 Å². The van der Waals surface area contributed by atoms with E-state index in [9.17, 15) is 4.79 Å². The van der Waals surface area contributed by atoms with Crippen LogP contribution in [0.2, 0.25) is 0 Å². The SMILES string of the molecule is CC(N)CN1CC(c2ccc(Br)s2)N(C)C1=O. The van der Waals surface area contributed by atoms with Gasteiger partial charge in [-0.3, -0.25) is 0 Å². The summed E-state index contributed by atoms with van der Waals surface area (Å²) in [6, 6.07) is 4.32. The summed E-state index contributed by atoms with van der Waals surface area (Å²) in [7, 11) is 1.85. The van der Waals surface area contributed by atoms with Gasteiger partial charge in [-0.15, -0.1) is 11.3 Å². The van der Waals surface area contributed by atoms with Gasteiger partial charge >= 0.3 is 6.03 Å². The smallest absolute Gasteiger partial charge is 0.320 e. The summed E-state index contributed by atoms with van der Waals surface area (Å²) in [6.07, 6.45) is 0. The van der Waals surface area contributed by atoms with Gasteiger partial charge in [0.2, 0.25) is 0 Å². The van der Waals surface area contributed by atoms with Crippen molar-refractivity contribution in [1.29, 1.82) is 0 Å². The summed E-state index contributed by atoms with van der Waals surface area (Å²) < 4.78 is 1.10. The Hall–Kier alpha value is -0.590. The van der Waals surface area contributed by atoms with E-state index in [1.807, 2.05) is 24.9 Å². The molecule has 1 fully saturated rings. The Balaban J connectivity index is 2.14. The molecule has 0 aromatic carbocycles. The molecule has 94 valence electrons. The summed E-state index contributed by atoms with van der Waals surface area (Å²) in [5.74, 6) is 0. The summed E-state index contributed by atoms with van der Waals surface area (Å²) in [4.78, 5) is 16.8. The van der Waals surface area contributed by atoms with Crippen LogP contribution in [0, 0.1) is 0 Å². The molecule has 6 heteroatoms. The molecule has 1 aliphatic rings. The lowest BCUT2D eigenvalue weighted by Gasteiger charge is -2.17. The zero-order valence-electron chi connectivity index (χ0n) is 9.89. The average Bonchev–Trinajstić information content (AvgIpc) is 2.77. The molecular weight excluding hydrogens is 302 g/mol. The standard InChI is InChI=1S/C11H16BrN3OS/c1-7(13)5-15-6-8(14(2)11(15)16)9-3-4-10(12)17-9/h3-4,7-8H,5-6,13H2,1-2H3. The molecule has 17 heavy (non-hydrogen) atoms. The number of rotatable bonds is 3. The number of carbonyl (C=O) groups excluding carboxylic acids is 1. The van der Waals surface area contributed by atoms with Crippen molar-refractivity contribution in [2.45, 2.75) is 19.0 Å². The molecule has 0 radical (unpaired) electrons. The van der Waals surface area contributed by atoms with Gasteiger partial charge in [-0.1, -0.05) is 0 Å². The second-order valence-corrected chi connectivity index (χ2v) is 6.93. The van der Waals surface area contributed by atoms with Crippen LogP contribution in [0.15, 0.2) is 15.9 Å². The molecule has 4 nitrogen and oxygen atoms in total. The monoisotopic (exact) mass is 317 g/mol. The molecule has 0 aliphatic carbocycles. The summed E-state index contributed by atoms with van der Waals surface area (Å²) >= 11 is 5.13. The Labute approximate surface area is 114 Å². The number of urea groups is 1. The molecule has 0 bridgehead atoms. The van der Waals surface area contributed by atoms with E-state index in [-0.39, 0.29) is 18.1 Å². The third kappa shape index (κ3) is 2.64. The fourth-order valence-corrected chi connectivity index (χ4v) is 3.61. The van der Waals surface area contributed by atoms with Crippen LogP contribution in [0.1, 0.15) is 17.8 Å². The summed E-state index contributed by atoms with van der Waals surface area (Å²) in [5, 5.41) is 0. The van der Waals surface area contributed by atoms with E-state index in [2.05, 4.69) is 22.0 Å². The Morgan fingerprint density at radius 1 is 1.65 bits per heavy atom. The molecule has 2 atom stereocenters. The molecule has 1 aliphatic heterocycles. The number of hydrogen-bond acceptors (Lipinski definition) is 3. The van der Waals surface area contributed by atoms with Crippen molar-refractivity contribution in [2.24, 2.45) is 5.73 Å². The second kappa shape index (κ2) is 4.96. The van der Waals surface area contributed by atoms with Gasteiger partial charge in [0.25, 0.3) is 0 Å². The Kier molecular flexibility index (Phi) is 3.75. The Morgan fingerprint density at radius 3 is 2.88 bits per heavy atom. The number of nitrogens with zero attached hydrogens (tertiary/aromatic N) is 2. The lowest BCUT2D eigenvalue weighted by Crippen LogP contribution is -2.38. The first-order chi connectivity index (χ1) is 7.99. The van der Waals surface area contributed by atoms with Gasteiger partial charge in [0.05, 0.1) is 9.83 Å². The number of nitrogens with two attached hydrogens (primary N) is 1. The van der Waals surface area contributed by atoms with Crippen molar-refractivity contribution in [1.82, 2.24) is 9.80 Å². The van der Waals surface area contributed by atoms with Crippen molar-refractivity contribution >= 4 is 33.3 Å². The van der Waals surface area contributed by atoms with Crippen molar-refractivity contribution in [3.63, 3.8) is 0 Å². The fourth-order valence-electron chi connectivity index (χ4n) is 2.05. The van der Waals surface area contributed by atoms with Crippen LogP contribution in [0.5, 0.6) is 0 Å². The number of likely N-dealkylation sites (N-methyl/N-ethyl adjacent to an activating group) is 1. The van der Waals surface area contributed by atoms with Crippen LogP contribution >= 0.6 is 27.3 Å². The third-order valence-corrected chi connectivity index (χ3v) is 4.59. The molecule has 2 rings (SSSR count). The van der Waals surface area contributed by atoms with Gasteiger partial charge in [0.1, 0.15) is 0 Å². The van der Waals surface area contributed by atoms with E-state index in [1.165, 1.54) is 4.88 Å². The van der Waals surface area contributed by atoms with Crippen LogP contribution in [0.25, 0.3) is 0 Å². The quantitative estimate of drug-likeness (QED) is 0.929. The largest absolute Gasteiger partial charge is 0.326 e. The number of halogens is 1. The molecular formula is C11H16BrN3OS. The molecule has 1 saturated heterocycles. The molecule has 2 unspecified atom stereocenters. The predicted molar refractivity (Wildman–Crippen MR) is 73.1 cm³/mol. The number of carbonyl (C=O) groups is 1. The van der Waals surface area contributed by atoms with E-state index in [0.29, 0.717) is 6.54 Å². The maximum Gasteiger partial charge on any atom is 0.320 e. The summed E-state index contributed by atoms with van der Waals surface area (Å²) in [6.45, 7) is 3.26. The lowest BCUT2D eigenvalue weighted by molar-refractivity contribution is 0.194. The van der Waals surface area contributed by atoms with E-state index in [4.69, 9.17) is 5.73 Å². The van der Waals surface area contributed by atoms with Gasteiger partial charge < -0.3 is 15.5 Å². The van der Waals surface area contributed by atoms with Gasteiger partial charge in [-0.05, 0) is 35.0 Å². The zero-order chi connectivity index (χ0) is 12.6. The minimum atomic E-state index is 0.0150. The second-order valence-electron chi connectivity index (χ2n) is 4.43. The molecule has 1 aromatic heterocycles. The maximum atomic E-state index is 12.0. The highest BCUT2D eigenvalue weighted by Gasteiger charge is 2.36. The van der Waals surface area contributed by atoms with Crippen molar-refractivity contribution in [2.75, 3.05) is 20.1 Å². The Bertz CT molecular complexity index is 421. The first-order valence-electron chi connectivity index (χ1n) is 5.51. The number of hydrogen-bond donors (Lipinski definition) is 1. The molecule has 2 amide bonds. The highest BCUT2D eigenvalue weighted by molar-refractivity contribution is 9.11. The van der Waals surface area contributed by atoms with Crippen LogP contribution in [0.4, 0.5) is 4.79 Å². The number of amides is 2. The minimum Gasteiger partial charge on any atom is -0.326 e. The predicted octanol–water partition coefficient (Wildman–Crippen LogP) is 2.27. The number of thiophene rings is 1. The van der Waals surface area contributed by atoms with Crippen LogP contribution < -0.4 is 5.73 Å². The van der Waals surface area contributed by atoms with Crippen molar-refractivity contribution in [3.8, 4) is 0 Å². The highest BCUT2D eigenvalue weighted by atomic mass is 79.9. The van der Waals surface area contributed by atoms with E-state index in [0.717, 1.165) is 10.3 Å². The third-order valence-electron chi connectivity index (χ3n) is 2.86. The fraction of sp³-hybridized carbons (Fsp3) is 0.545. The molecule has 2 N–H and O–H groups in total. The highest BCUT2D eigenvalue weighted by Crippen LogP contribution is 2.34. The zero-order valence-corrected chi connectivity index (χ0v) is 12.3. The summed E-state index contributed by atoms with van der Waals surface area (Å²) in [5.41, 5.74) is 5.75. The first kappa shape index (κ1) is 12.9. The molecule has 0 saturated carbocycles. The van der Waals surface area contributed by atoms with Crippen LogP contribution in [-0.4, -0.2) is 42.0 Å². The lowest BCUT2D eigenvalue weighted by atomic mass is 10.2. The van der Waals surface area contributed by atoms with Crippen molar-refractivity contribution < 1.29 is 4.79 Å². The molecule has 1 aromatic rings.